The summed E-state index contributed by atoms with van der Waals surface area (Å²) in [6.07, 6.45) is 0. The van der Waals surface area contributed by atoms with E-state index in [2.05, 4.69) is 15.5 Å². The summed E-state index contributed by atoms with van der Waals surface area (Å²) in [5.74, 6) is 0. The summed E-state index contributed by atoms with van der Waals surface area (Å²) in [6, 6.07) is 22.7. The van der Waals surface area contributed by atoms with Crippen LogP contribution in [0.25, 0.3) is 0 Å². The molecule has 0 radical (unpaired) electrons. The minimum atomic E-state index is -4.20. The van der Waals surface area contributed by atoms with Gasteiger partial charge in [0.05, 0.1) is 16.3 Å². The molecule has 26 heavy (non-hydrogen) atoms. The Morgan fingerprint density at radius 1 is 0.731 bits per heavy atom. The number of anilines is 2. The van der Waals surface area contributed by atoms with Crippen LogP contribution in [0.1, 0.15) is 1.43 Å². The van der Waals surface area contributed by atoms with Crippen molar-refractivity contribution in [2.75, 3.05) is 5.32 Å². The Morgan fingerprint density at radius 2 is 1.19 bits per heavy atom. The second kappa shape index (κ2) is 9.07. The quantitative estimate of drug-likeness (QED) is 0.405. The Kier molecular flexibility index (Phi) is 7.07. The minimum Gasteiger partial charge on any atom is -1.00 e. The molecule has 3 aromatic carbocycles. The molecule has 0 amide bonds. The third-order valence-electron chi connectivity index (χ3n) is 3.35. The maximum absolute atomic E-state index is 11.0. The number of nitrogens with zero attached hydrogens (tertiary/aromatic N) is 2. The third-order valence-corrected chi connectivity index (χ3v) is 4.21. The Hall–Kier alpha value is -2.03. The van der Waals surface area contributed by atoms with Gasteiger partial charge in [0.2, 0.25) is 0 Å². The van der Waals surface area contributed by atoms with Gasteiger partial charge in [0, 0.05) is 11.4 Å². The van der Waals surface area contributed by atoms with Crippen molar-refractivity contribution in [1.82, 2.24) is 0 Å². The Bertz CT molecular complexity index is 981. The monoisotopic (exact) mass is 377 g/mol. The number of hydrogen-bond donors (Lipinski definition) is 2. The van der Waals surface area contributed by atoms with E-state index in [9.17, 15) is 8.42 Å². The molecular weight excluding hydrogens is 361 g/mol. The number of nitrogens with one attached hydrogen (secondary N) is 1. The summed E-state index contributed by atoms with van der Waals surface area (Å²) in [7, 11) is -4.20. The zero-order valence-electron chi connectivity index (χ0n) is 15.1. The van der Waals surface area contributed by atoms with E-state index in [0.29, 0.717) is 11.4 Å². The van der Waals surface area contributed by atoms with Gasteiger partial charge in [0.1, 0.15) is 0 Å². The van der Waals surface area contributed by atoms with Gasteiger partial charge in [0.25, 0.3) is 10.1 Å². The van der Waals surface area contributed by atoms with Crippen LogP contribution >= 0.6 is 0 Å². The van der Waals surface area contributed by atoms with Crippen molar-refractivity contribution in [3.05, 3.63) is 78.9 Å². The van der Waals surface area contributed by atoms with Gasteiger partial charge in [-0.1, -0.05) is 18.2 Å². The molecule has 0 bridgehead atoms. The topological polar surface area (TPSA) is 91.1 Å². The first-order valence-electron chi connectivity index (χ1n) is 7.42. The van der Waals surface area contributed by atoms with E-state index in [1.165, 1.54) is 24.3 Å². The van der Waals surface area contributed by atoms with Crippen LogP contribution in [0, 0.1) is 0 Å². The van der Waals surface area contributed by atoms with E-state index < -0.39 is 10.1 Å². The standard InChI is InChI=1S/C18H15N3O3S.Na.H/c22-25(23,24)18-12-10-17(11-13-18)21-20-16-8-6-15(7-9-16)19-14-4-2-1-3-5-14;;/h1-13,19H,(H,22,23,24);;/q;+1;-1. The molecule has 8 heteroatoms. The number of benzene rings is 3. The molecule has 6 nitrogen and oxygen atoms in total. The van der Waals surface area contributed by atoms with Crippen LogP contribution < -0.4 is 34.9 Å². The van der Waals surface area contributed by atoms with E-state index in [-0.39, 0.29) is 35.9 Å². The molecule has 0 aromatic heterocycles. The predicted octanol–water partition coefficient (Wildman–Crippen LogP) is 2.21. The van der Waals surface area contributed by atoms with Crippen LogP contribution in [0.4, 0.5) is 22.7 Å². The predicted molar refractivity (Wildman–Crippen MR) is 97.7 cm³/mol. The van der Waals surface area contributed by atoms with Gasteiger partial charge in [-0.15, -0.1) is 0 Å². The van der Waals surface area contributed by atoms with Gasteiger partial charge in [-0.25, -0.2) is 0 Å². The summed E-state index contributed by atoms with van der Waals surface area (Å²) in [5, 5.41) is 11.4. The molecule has 3 rings (SSSR count). The van der Waals surface area contributed by atoms with Crippen molar-refractivity contribution in [2.45, 2.75) is 4.90 Å². The Labute approximate surface area is 175 Å². The zero-order valence-corrected chi connectivity index (χ0v) is 16.9. The molecule has 0 aliphatic carbocycles. The van der Waals surface area contributed by atoms with E-state index in [1.54, 1.807) is 0 Å². The van der Waals surface area contributed by atoms with Crippen molar-refractivity contribution in [3.63, 3.8) is 0 Å². The van der Waals surface area contributed by atoms with Crippen LogP contribution in [0.2, 0.25) is 0 Å². The molecule has 0 unspecified atom stereocenters. The second-order valence-corrected chi connectivity index (χ2v) is 6.63. The molecule has 0 aliphatic rings. The summed E-state index contributed by atoms with van der Waals surface area (Å²) in [4.78, 5) is -0.178. The van der Waals surface area contributed by atoms with Crippen molar-refractivity contribution in [2.24, 2.45) is 10.2 Å². The fourth-order valence-corrected chi connectivity index (χ4v) is 2.58. The zero-order chi connectivity index (χ0) is 17.7. The molecule has 128 valence electrons. The molecule has 3 aromatic rings. The van der Waals surface area contributed by atoms with Gasteiger partial charge in [-0.2, -0.15) is 18.6 Å². The van der Waals surface area contributed by atoms with Gasteiger partial charge in [0.15, 0.2) is 0 Å². The summed E-state index contributed by atoms with van der Waals surface area (Å²) in [6.45, 7) is 0. The first-order chi connectivity index (χ1) is 12.0. The number of rotatable bonds is 5. The van der Waals surface area contributed by atoms with Crippen LogP contribution in [0.15, 0.2) is 94.0 Å². The minimum absolute atomic E-state index is 0. The SMILES string of the molecule is O=S(=O)(O)c1ccc(N=Nc2ccc(Nc3ccccc3)cc2)cc1.[H-].[Na+]. The average molecular weight is 377 g/mol. The van der Waals surface area contributed by atoms with Crippen molar-refractivity contribution in [1.29, 1.82) is 0 Å². The molecule has 0 spiro atoms. The first kappa shape index (κ1) is 20.3. The summed E-state index contributed by atoms with van der Waals surface area (Å²) < 4.78 is 30.9. The van der Waals surface area contributed by atoms with Gasteiger partial charge < -0.3 is 6.74 Å². The van der Waals surface area contributed by atoms with Crippen LogP contribution in [-0.4, -0.2) is 13.0 Å². The molecule has 0 heterocycles. The molecule has 2 N–H and O–H groups in total. The van der Waals surface area contributed by atoms with Crippen LogP contribution in [0.5, 0.6) is 0 Å². The third kappa shape index (κ3) is 5.76. The van der Waals surface area contributed by atoms with Crippen molar-refractivity contribution >= 4 is 32.9 Å². The van der Waals surface area contributed by atoms with Gasteiger partial charge in [-0.05, 0) is 60.7 Å². The van der Waals surface area contributed by atoms with Gasteiger partial charge in [-0.3, -0.25) is 4.55 Å². The number of hydrogen-bond acceptors (Lipinski definition) is 5. The average Bonchev–Trinajstić information content (AvgIpc) is 2.62. The van der Waals surface area contributed by atoms with E-state index >= 15 is 0 Å². The maximum Gasteiger partial charge on any atom is 1.00 e. The van der Waals surface area contributed by atoms with Crippen molar-refractivity contribution in [3.8, 4) is 0 Å². The Morgan fingerprint density at radius 3 is 1.69 bits per heavy atom. The van der Waals surface area contributed by atoms with E-state index in [1.807, 2.05) is 54.6 Å². The number of azo groups is 1. The fourth-order valence-electron chi connectivity index (χ4n) is 2.10. The van der Waals surface area contributed by atoms with E-state index in [4.69, 9.17) is 4.55 Å². The molecule has 0 saturated heterocycles. The van der Waals surface area contributed by atoms with Crippen LogP contribution in [0.3, 0.4) is 0 Å². The van der Waals surface area contributed by atoms with Crippen molar-refractivity contribution < 1.29 is 44.0 Å². The molecule has 0 atom stereocenters. The van der Waals surface area contributed by atoms with Gasteiger partial charge >= 0.3 is 29.6 Å². The van der Waals surface area contributed by atoms with E-state index in [0.717, 1.165) is 11.4 Å². The largest absolute Gasteiger partial charge is 1.00 e. The maximum atomic E-state index is 11.0. The normalized spacial score (nSPS) is 11.1. The molecule has 0 fully saturated rings. The smallest absolute Gasteiger partial charge is 1.00 e. The molecule has 0 saturated carbocycles. The fraction of sp³-hybridized carbons (Fsp3) is 0. The Balaban J connectivity index is 0.00000182. The molecular formula is C18H16N3NaO3S. The first-order valence-corrected chi connectivity index (χ1v) is 8.86. The molecule has 0 aliphatic heterocycles. The van der Waals surface area contributed by atoms with Crippen LogP contribution in [-0.2, 0) is 10.1 Å². The number of para-hydroxylation sites is 1. The second-order valence-electron chi connectivity index (χ2n) is 5.21. The summed E-state index contributed by atoms with van der Waals surface area (Å²) in [5.41, 5.74) is 3.08. The summed E-state index contributed by atoms with van der Waals surface area (Å²) >= 11 is 0.